The number of amides is 1. The molecule has 1 fully saturated rings. The molecule has 0 aromatic heterocycles. The number of hydrogen-bond donors (Lipinski definition) is 2. The quantitative estimate of drug-likeness (QED) is 0.881. The van der Waals surface area contributed by atoms with Crippen LogP contribution in [0.1, 0.15) is 43.0 Å². The Morgan fingerprint density at radius 1 is 1.33 bits per heavy atom. The van der Waals surface area contributed by atoms with Crippen LogP contribution in [0.15, 0.2) is 18.2 Å². The second-order valence-electron chi connectivity index (χ2n) is 5.16. The Morgan fingerprint density at radius 3 is 2.61 bits per heavy atom. The van der Waals surface area contributed by atoms with E-state index in [1.807, 2.05) is 0 Å². The van der Waals surface area contributed by atoms with Crippen LogP contribution < -0.4 is 11.1 Å². The van der Waals surface area contributed by atoms with Crippen LogP contribution in [-0.2, 0) is 0 Å². The summed E-state index contributed by atoms with van der Waals surface area (Å²) in [5.74, 6) is 0.391. The van der Waals surface area contributed by atoms with Crippen LogP contribution in [0.5, 0.6) is 0 Å². The molecule has 1 saturated carbocycles. The van der Waals surface area contributed by atoms with Gasteiger partial charge in [0.1, 0.15) is 0 Å². The van der Waals surface area contributed by atoms with Gasteiger partial charge in [-0.05, 0) is 49.8 Å². The molecule has 0 radical (unpaired) electrons. The van der Waals surface area contributed by atoms with Gasteiger partial charge in [0.05, 0.1) is 10.7 Å². The predicted octanol–water partition coefficient (Wildman–Crippen LogP) is 3.43. The van der Waals surface area contributed by atoms with E-state index in [0.29, 0.717) is 16.6 Å². The summed E-state index contributed by atoms with van der Waals surface area (Å²) in [6, 6.07) is 5.55. The normalized spacial score (nSPS) is 23.7. The fourth-order valence-corrected chi connectivity index (χ4v) is 2.59. The van der Waals surface area contributed by atoms with Gasteiger partial charge in [-0.15, -0.1) is 0 Å². The van der Waals surface area contributed by atoms with Crippen LogP contribution in [0.25, 0.3) is 0 Å². The monoisotopic (exact) mass is 266 g/mol. The van der Waals surface area contributed by atoms with E-state index < -0.39 is 5.91 Å². The van der Waals surface area contributed by atoms with E-state index in [1.54, 1.807) is 18.2 Å². The molecule has 2 rings (SSSR count). The maximum Gasteiger partial charge on any atom is 0.248 e. The first-order valence-corrected chi connectivity index (χ1v) is 6.80. The van der Waals surface area contributed by atoms with Gasteiger partial charge in [-0.25, -0.2) is 0 Å². The Bertz CT molecular complexity index is 439. The number of carbonyl (C=O) groups excluding carboxylic acids is 1. The van der Waals surface area contributed by atoms with Crippen LogP contribution in [0.4, 0.5) is 5.69 Å². The third kappa shape index (κ3) is 3.16. The number of benzene rings is 1. The first-order valence-electron chi connectivity index (χ1n) is 6.42. The topological polar surface area (TPSA) is 55.1 Å². The molecule has 1 aliphatic rings. The highest BCUT2D eigenvalue weighted by atomic mass is 35.5. The van der Waals surface area contributed by atoms with E-state index in [-0.39, 0.29) is 0 Å². The Hall–Kier alpha value is -1.22. The molecule has 0 spiro atoms. The second-order valence-corrected chi connectivity index (χ2v) is 5.57. The molecule has 0 saturated heterocycles. The summed E-state index contributed by atoms with van der Waals surface area (Å²) in [6.07, 6.45) is 4.78. The highest BCUT2D eigenvalue weighted by Gasteiger charge is 2.19. The van der Waals surface area contributed by atoms with Crippen molar-refractivity contribution in [3.63, 3.8) is 0 Å². The van der Waals surface area contributed by atoms with Crippen LogP contribution in [0.3, 0.4) is 0 Å². The van der Waals surface area contributed by atoms with Crippen LogP contribution >= 0.6 is 11.6 Å². The number of hydrogen-bond acceptors (Lipinski definition) is 2. The average molecular weight is 267 g/mol. The second kappa shape index (κ2) is 5.61. The largest absolute Gasteiger partial charge is 0.381 e. The van der Waals surface area contributed by atoms with Gasteiger partial charge in [0.15, 0.2) is 0 Å². The number of nitrogens with two attached hydrogens (primary N) is 1. The predicted molar refractivity (Wildman–Crippen MR) is 75.0 cm³/mol. The number of anilines is 1. The summed E-state index contributed by atoms with van der Waals surface area (Å²) in [5, 5.41) is 4.06. The Balaban J connectivity index is 2.08. The molecule has 1 aromatic carbocycles. The minimum atomic E-state index is -0.424. The fourth-order valence-electron chi connectivity index (χ4n) is 2.41. The first-order chi connectivity index (χ1) is 8.56. The summed E-state index contributed by atoms with van der Waals surface area (Å²) >= 11 is 6.13. The van der Waals surface area contributed by atoms with E-state index in [4.69, 9.17) is 17.3 Å². The number of primary amides is 1. The molecule has 1 amide bonds. The van der Waals surface area contributed by atoms with E-state index in [1.165, 1.54) is 12.8 Å². The zero-order chi connectivity index (χ0) is 13.1. The molecule has 98 valence electrons. The third-order valence-electron chi connectivity index (χ3n) is 3.63. The number of carbonyl (C=O) groups is 1. The molecular formula is C14H19ClN2O. The molecule has 1 aliphatic carbocycles. The van der Waals surface area contributed by atoms with Crippen molar-refractivity contribution in [1.82, 2.24) is 0 Å². The van der Waals surface area contributed by atoms with Gasteiger partial charge in [-0.3, -0.25) is 4.79 Å². The SMILES string of the molecule is CC1CCC(Nc2cc(C(N)=O)ccc2Cl)CC1. The lowest BCUT2D eigenvalue weighted by Crippen LogP contribution is -2.25. The van der Waals surface area contributed by atoms with Crippen molar-refractivity contribution < 1.29 is 4.79 Å². The van der Waals surface area contributed by atoms with Crippen molar-refractivity contribution in [3.05, 3.63) is 28.8 Å². The number of halogens is 1. The van der Waals surface area contributed by atoms with E-state index in [2.05, 4.69) is 12.2 Å². The zero-order valence-electron chi connectivity index (χ0n) is 10.6. The van der Waals surface area contributed by atoms with Crippen molar-refractivity contribution in [1.29, 1.82) is 0 Å². The lowest BCUT2D eigenvalue weighted by molar-refractivity contribution is 0.100. The average Bonchev–Trinajstić information content (AvgIpc) is 2.34. The molecule has 18 heavy (non-hydrogen) atoms. The van der Waals surface area contributed by atoms with E-state index >= 15 is 0 Å². The smallest absolute Gasteiger partial charge is 0.248 e. The summed E-state index contributed by atoms with van der Waals surface area (Å²) in [5.41, 5.74) is 6.58. The van der Waals surface area contributed by atoms with Gasteiger partial charge in [-0.2, -0.15) is 0 Å². The van der Waals surface area contributed by atoms with Crippen molar-refractivity contribution >= 4 is 23.2 Å². The molecule has 0 unspecified atom stereocenters. The van der Waals surface area contributed by atoms with Gasteiger partial charge in [0.2, 0.25) is 5.91 Å². The molecule has 0 bridgehead atoms. The number of rotatable bonds is 3. The fraction of sp³-hybridized carbons (Fsp3) is 0.500. The minimum absolute atomic E-state index is 0.424. The number of nitrogens with one attached hydrogen (secondary N) is 1. The van der Waals surface area contributed by atoms with Crippen molar-refractivity contribution in [2.75, 3.05) is 5.32 Å². The molecule has 1 aromatic rings. The van der Waals surface area contributed by atoms with Crippen LogP contribution in [0.2, 0.25) is 5.02 Å². The van der Waals surface area contributed by atoms with E-state index in [0.717, 1.165) is 24.4 Å². The van der Waals surface area contributed by atoms with Crippen molar-refractivity contribution in [2.45, 2.75) is 38.6 Å². The standard InChI is InChI=1S/C14H19ClN2O/c1-9-2-5-11(6-3-9)17-13-8-10(14(16)18)4-7-12(13)15/h4,7-9,11,17H,2-3,5-6H2,1H3,(H2,16,18). The lowest BCUT2D eigenvalue weighted by Gasteiger charge is -2.28. The molecule has 3 N–H and O–H groups in total. The summed E-state index contributed by atoms with van der Waals surface area (Å²) in [4.78, 5) is 11.2. The van der Waals surface area contributed by atoms with Crippen molar-refractivity contribution in [3.8, 4) is 0 Å². The maximum absolute atomic E-state index is 11.2. The highest BCUT2D eigenvalue weighted by molar-refractivity contribution is 6.33. The third-order valence-corrected chi connectivity index (χ3v) is 3.96. The maximum atomic E-state index is 11.2. The van der Waals surface area contributed by atoms with Gasteiger partial charge >= 0.3 is 0 Å². The summed E-state index contributed by atoms with van der Waals surface area (Å²) < 4.78 is 0. The summed E-state index contributed by atoms with van der Waals surface area (Å²) in [6.45, 7) is 2.29. The minimum Gasteiger partial charge on any atom is -0.381 e. The van der Waals surface area contributed by atoms with Crippen molar-refractivity contribution in [2.24, 2.45) is 11.7 Å². The highest BCUT2D eigenvalue weighted by Crippen LogP contribution is 2.29. The van der Waals surface area contributed by atoms with Gasteiger partial charge in [0.25, 0.3) is 0 Å². The Morgan fingerprint density at radius 2 is 2.00 bits per heavy atom. The van der Waals surface area contributed by atoms with Gasteiger partial charge in [0, 0.05) is 11.6 Å². The molecule has 4 heteroatoms. The molecule has 3 nitrogen and oxygen atoms in total. The molecular weight excluding hydrogens is 248 g/mol. The Kier molecular flexibility index (Phi) is 4.12. The zero-order valence-corrected chi connectivity index (χ0v) is 11.3. The summed E-state index contributed by atoms with van der Waals surface area (Å²) in [7, 11) is 0. The van der Waals surface area contributed by atoms with Gasteiger partial charge < -0.3 is 11.1 Å². The van der Waals surface area contributed by atoms with Crippen LogP contribution in [0, 0.1) is 5.92 Å². The molecule has 0 aliphatic heterocycles. The molecule has 0 heterocycles. The lowest BCUT2D eigenvalue weighted by atomic mass is 9.87. The van der Waals surface area contributed by atoms with E-state index in [9.17, 15) is 4.79 Å². The Labute approximate surface area is 113 Å². The first kappa shape index (κ1) is 13.2. The molecule has 0 atom stereocenters. The van der Waals surface area contributed by atoms with Gasteiger partial charge in [-0.1, -0.05) is 18.5 Å². The van der Waals surface area contributed by atoms with Crippen LogP contribution in [-0.4, -0.2) is 11.9 Å².